The molecule has 3 atom stereocenters. The van der Waals surface area contributed by atoms with Gasteiger partial charge in [0.05, 0.1) is 30.8 Å². The molecule has 1 aromatic heterocycles. The molecule has 0 aliphatic carbocycles. The molecule has 4 aromatic rings. The number of nitrogens with one attached hydrogen (secondary N) is 1. The van der Waals surface area contributed by atoms with Gasteiger partial charge in [0.25, 0.3) is 0 Å². The van der Waals surface area contributed by atoms with Crippen LogP contribution in [0.5, 0.6) is 0 Å². The van der Waals surface area contributed by atoms with Crippen LogP contribution in [0.15, 0.2) is 96.2 Å². The monoisotopic (exact) mass is 642 g/mol. The van der Waals surface area contributed by atoms with Gasteiger partial charge in [0.15, 0.2) is 6.29 Å². The van der Waals surface area contributed by atoms with Gasteiger partial charge in [-0.05, 0) is 39.9 Å². The molecule has 0 saturated carbocycles. The second-order valence-corrected chi connectivity index (χ2v) is 11.8. The Balaban J connectivity index is 1.33. The second kappa shape index (κ2) is 15.6. The fraction of sp³-hybridized carbons (Fsp3) is 0.257. The zero-order valence-electron chi connectivity index (χ0n) is 24.9. The van der Waals surface area contributed by atoms with Crippen molar-refractivity contribution in [2.45, 2.75) is 55.9 Å². The average molecular weight is 643 g/mol. The lowest BCUT2D eigenvalue weighted by atomic mass is 9.97. The number of aliphatic hydroxyl groups is 1. The molecule has 1 aliphatic rings. The van der Waals surface area contributed by atoms with Gasteiger partial charge in [0, 0.05) is 36.9 Å². The van der Waals surface area contributed by atoms with Gasteiger partial charge in [0.1, 0.15) is 5.03 Å². The van der Waals surface area contributed by atoms with Gasteiger partial charge in [-0.25, -0.2) is 9.78 Å². The van der Waals surface area contributed by atoms with Crippen molar-refractivity contribution < 1.29 is 39.2 Å². The molecule has 11 heteroatoms. The first kappa shape index (κ1) is 32.8. The van der Waals surface area contributed by atoms with Gasteiger partial charge in [0.2, 0.25) is 5.91 Å². The average Bonchev–Trinajstić information content (AvgIpc) is 3.09. The Labute approximate surface area is 270 Å². The van der Waals surface area contributed by atoms with Crippen LogP contribution in [0.25, 0.3) is 11.1 Å². The number of rotatable bonds is 13. The fourth-order valence-corrected chi connectivity index (χ4v) is 6.15. The molecular weight excluding hydrogens is 608 g/mol. The number of carbonyl (C=O) groups excluding carboxylic acids is 1. The molecule has 0 radical (unpaired) electrons. The second-order valence-electron chi connectivity index (χ2n) is 10.8. The SMILES string of the molecule is O=C(O)CCC(=O)NCc1ccccc1-c1ccc([C@H]2O[C@@H](CSc3ncccc3C(=O)O)C[C@@H](c3ccc(CO)cc3)O2)cc1. The van der Waals surface area contributed by atoms with E-state index in [0.717, 1.165) is 33.4 Å². The number of ether oxygens (including phenoxy) is 2. The van der Waals surface area contributed by atoms with Crippen molar-refractivity contribution in [1.82, 2.24) is 10.3 Å². The van der Waals surface area contributed by atoms with Crippen molar-refractivity contribution in [1.29, 1.82) is 0 Å². The minimum absolute atomic E-state index is 0.0562. The van der Waals surface area contributed by atoms with Crippen LogP contribution in [0.2, 0.25) is 0 Å². The standard InChI is InChI=1S/C35H34N2O8S/c38-20-22-7-9-24(10-8-22)30-18-27(21-46-33-29(34(42)43)6-3-17-36-33)44-35(45-30)25-13-11-23(12-14-25)28-5-2-1-4-26(28)19-37-31(39)15-16-32(40)41/h1-14,17,27,30,35,38H,15-16,18-21H2,(H,37,39)(H,40,41)(H,42,43)/t27-,30+,35+/m1/s1. The Bertz CT molecular complexity index is 1660. The van der Waals surface area contributed by atoms with Crippen molar-refractivity contribution in [3.63, 3.8) is 0 Å². The molecular formula is C35H34N2O8S. The highest BCUT2D eigenvalue weighted by molar-refractivity contribution is 7.99. The molecule has 1 aliphatic heterocycles. The highest BCUT2D eigenvalue weighted by Gasteiger charge is 2.32. The summed E-state index contributed by atoms with van der Waals surface area (Å²) in [5, 5.41) is 31.1. The fourth-order valence-electron chi connectivity index (χ4n) is 5.14. The molecule has 1 fully saturated rings. The molecule has 2 heterocycles. The predicted molar refractivity (Wildman–Crippen MR) is 171 cm³/mol. The number of amides is 1. The van der Waals surface area contributed by atoms with Crippen molar-refractivity contribution in [2.24, 2.45) is 0 Å². The molecule has 0 bridgehead atoms. The number of nitrogens with zero attached hydrogens (tertiary/aromatic N) is 1. The van der Waals surface area contributed by atoms with Crippen LogP contribution in [-0.2, 0) is 32.2 Å². The zero-order chi connectivity index (χ0) is 32.5. The minimum atomic E-state index is -1.04. The molecule has 46 heavy (non-hydrogen) atoms. The topological polar surface area (TPSA) is 155 Å². The number of hydrogen-bond acceptors (Lipinski definition) is 8. The summed E-state index contributed by atoms with van der Waals surface area (Å²) in [5.74, 6) is -1.91. The Hall–Kier alpha value is -4.55. The summed E-state index contributed by atoms with van der Waals surface area (Å²) in [4.78, 5) is 38.9. The number of thioether (sulfide) groups is 1. The number of aliphatic carboxylic acids is 1. The number of aromatic nitrogens is 1. The zero-order valence-corrected chi connectivity index (χ0v) is 25.7. The first-order valence-electron chi connectivity index (χ1n) is 14.8. The number of carboxylic acid groups (broad SMARTS) is 2. The highest BCUT2D eigenvalue weighted by atomic mass is 32.2. The van der Waals surface area contributed by atoms with E-state index < -0.39 is 18.2 Å². The molecule has 10 nitrogen and oxygen atoms in total. The summed E-state index contributed by atoms with van der Waals surface area (Å²) in [6.45, 7) is 0.209. The van der Waals surface area contributed by atoms with E-state index in [4.69, 9.17) is 14.6 Å². The van der Waals surface area contributed by atoms with Crippen LogP contribution in [0.1, 0.15) is 64.3 Å². The van der Waals surface area contributed by atoms with E-state index in [2.05, 4.69) is 10.3 Å². The number of aliphatic hydroxyl groups excluding tert-OH is 1. The van der Waals surface area contributed by atoms with E-state index in [-0.39, 0.29) is 49.7 Å². The Morgan fingerprint density at radius 1 is 0.870 bits per heavy atom. The van der Waals surface area contributed by atoms with Crippen molar-refractivity contribution in [3.05, 3.63) is 119 Å². The number of aromatic carboxylic acids is 1. The first-order valence-corrected chi connectivity index (χ1v) is 15.8. The largest absolute Gasteiger partial charge is 0.481 e. The van der Waals surface area contributed by atoms with Gasteiger partial charge >= 0.3 is 11.9 Å². The summed E-state index contributed by atoms with van der Waals surface area (Å²) in [6, 6.07) is 26.2. The summed E-state index contributed by atoms with van der Waals surface area (Å²) in [7, 11) is 0. The van der Waals surface area contributed by atoms with E-state index in [1.807, 2.05) is 72.8 Å². The summed E-state index contributed by atoms with van der Waals surface area (Å²) in [5.41, 5.74) is 5.44. The van der Waals surface area contributed by atoms with Crippen molar-refractivity contribution >= 4 is 29.6 Å². The maximum Gasteiger partial charge on any atom is 0.338 e. The van der Waals surface area contributed by atoms with Crippen LogP contribution in [0.4, 0.5) is 0 Å². The minimum Gasteiger partial charge on any atom is -0.481 e. The Morgan fingerprint density at radius 2 is 1.61 bits per heavy atom. The molecule has 3 aromatic carbocycles. The maximum atomic E-state index is 12.1. The summed E-state index contributed by atoms with van der Waals surface area (Å²) >= 11 is 1.33. The van der Waals surface area contributed by atoms with E-state index in [9.17, 15) is 24.6 Å². The molecule has 238 valence electrons. The van der Waals surface area contributed by atoms with E-state index >= 15 is 0 Å². The molecule has 0 spiro atoms. The number of benzene rings is 3. The summed E-state index contributed by atoms with van der Waals surface area (Å²) < 4.78 is 12.9. The van der Waals surface area contributed by atoms with Gasteiger partial charge in [-0.15, -0.1) is 11.8 Å². The molecule has 5 rings (SSSR count). The predicted octanol–water partition coefficient (Wildman–Crippen LogP) is 5.76. The van der Waals surface area contributed by atoms with Gasteiger partial charge < -0.3 is 30.1 Å². The van der Waals surface area contributed by atoms with Crippen LogP contribution < -0.4 is 5.32 Å². The highest BCUT2D eigenvalue weighted by Crippen LogP contribution is 2.40. The van der Waals surface area contributed by atoms with Crippen molar-refractivity contribution in [2.75, 3.05) is 5.75 Å². The molecule has 4 N–H and O–H groups in total. The van der Waals surface area contributed by atoms with E-state index in [1.165, 1.54) is 17.8 Å². The van der Waals surface area contributed by atoms with Crippen LogP contribution in [0.3, 0.4) is 0 Å². The van der Waals surface area contributed by atoms with Crippen molar-refractivity contribution in [3.8, 4) is 11.1 Å². The lowest BCUT2D eigenvalue weighted by molar-refractivity contribution is -0.245. The first-order chi connectivity index (χ1) is 22.3. The third-order valence-electron chi connectivity index (χ3n) is 7.58. The lowest BCUT2D eigenvalue weighted by Crippen LogP contribution is -2.31. The van der Waals surface area contributed by atoms with Crippen LogP contribution in [-0.4, -0.2) is 50.0 Å². The maximum absolute atomic E-state index is 12.1. The number of carbonyl (C=O) groups is 3. The number of pyridine rings is 1. The molecule has 1 saturated heterocycles. The van der Waals surface area contributed by atoms with Gasteiger partial charge in [-0.2, -0.15) is 0 Å². The van der Waals surface area contributed by atoms with E-state index in [1.54, 1.807) is 12.3 Å². The number of hydrogen-bond donors (Lipinski definition) is 4. The number of carboxylic acids is 2. The van der Waals surface area contributed by atoms with Gasteiger partial charge in [-0.3, -0.25) is 9.59 Å². The third kappa shape index (κ3) is 8.58. The summed E-state index contributed by atoms with van der Waals surface area (Å²) in [6.07, 6.45) is 0.540. The Kier molecular flexibility index (Phi) is 11.2. The smallest absolute Gasteiger partial charge is 0.338 e. The quantitative estimate of drug-likeness (QED) is 0.132. The van der Waals surface area contributed by atoms with Crippen LogP contribution >= 0.6 is 11.8 Å². The van der Waals surface area contributed by atoms with Gasteiger partial charge in [-0.1, -0.05) is 72.8 Å². The molecule has 1 amide bonds. The Morgan fingerprint density at radius 3 is 2.33 bits per heavy atom. The lowest BCUT2D eigenvalue weighted by Gasteiger charge is -2.36. The van der Waals surface area contributed by atoms with Crippen LogP contribution in [0, 0.1) is 0 Å². The normalized spacial score (nSPS) is 17.7. The third-order valence-corrected chi connectivity index (χ3v) is 8.71. The molecule has 0 unspecified atom stereocenters. The van der Waals surface area contributed by atoms with E-state index in [0.29, 0.717) is 17.2 Å².